The van der Waals surface area contributed by atoms with Crippen LogP contribution in [-0.4, -0.2) is 54.5 Å². The fourth-order valence-electron chi connectivity index (χ4n) is 4.44. The average Bonchev–Trinajstić information content (AvgIpc) is 3.50. The maximum Gasteiger partial charge on any atom is 0.417 e. The number of piperidine rings is 1. The van der Waals surface area contributed by atoms with E-state index < -0.39 is 11.7 Å². The van der Waals surface area contributed by atoms with E-state index in [1.807, 2.05) is 0 Å². The second-order valence-corrected chi connectivity index (χ2v) is 8.04. The molecule has 2 bridgehead atoms. The van der Waals surface area contributed by atoms with Crippen LogP contribution >= 0.6 is 0 Å². The highest BCUT2D eigenvalue weighted by Crippen LogP contribution is 2.40. The molecule has 0 unspecified atom stereocenters. The van der Waals surface area contributed by atoms with Gasteiger partial charge in [0.05, 0.1) is 24.0 Å². The summed E-state index contributed by atoms with van der Waals surface area (Å²) in [5, 5.41) is 8.22. The van der Waals surface area contributed by atoms with Gasteiger partial charge in [-0.2, -0.15) is 23.4 Å². The van der Waals surface area contributed by atoms with Crippen molar-refractivity contribution < 1.29 is 22.7 Å². The third kappa shape index (κ3) is 3.67. The number of pyridine rings is 2. The average molecular weight is 444 g/mol. The van der Waals surface area contributed by atoms with Crippen molar-refractivity contribution in [3.63, 3.8) is 0 Å². The highest BCUT2D eigenvalue weighted by Gasteiger charge is 2.49. The molecule has 3 aromatic heterocycles. The molecule has 0 aromatic carbocycles. The van der Waals surface area contributed by atoms with E-state index >= 15 is 0 Å². The molecule has 2 aliphatic rings. The molecule has 11 heteroatoms. The van der Waals surface area contributed by atoms with Crippen LogP contribution in [-0.2, 0) is 6.18 Å². The molecule has 0 spiro atoms. The lowest BCUT2D eigenvalue weighted by Gasteiger charge is -2.33. The predicted molar refractivity (Wildman–Crippen MR) is 105 cm³/mol. The maximum atomic E-state index is 13.5. The summed E-state index contributed by atoms with van der Waals surface area (Å²) in [4.78, 5) is 24.8. The number of aryl methyl sites for hydroxylation is 1. The van der Waals surface area contributed by atoms with Gasteiger partial charge in [0.2, 0.25) is 5.88 Å². The highest BCUT2D eigenvalue weighted by atomic mass is 19.4. The molecule has 166 valence electrons. The summed E-state index contributed by atoms with van der Waals surface area (Å²) in [5.41, 5.74) is 0.589. The van der Waals surface area contributed by atoms with Crippen LogP contribution in [0.25, 0.3) is 5.69 Å². The summed E-state index contributed by atoms with van der Waals surface area (Å²) in [6, 6.07) is 5.48. The normalized spacial score (nSPS) is 22.4. The van der Waals surface area contributed by atoms with Crippen LogP contribution in [0.4, 0.5) is 13.2 Å². The monoisotopic (exact) mass is 444 g/mol. The summed E-state index contributed by atoms with van der Waals surface area (Å²) >= 11 is 0. The molecule has 1 amide bonds. The smallest absolute Gasteiger partial charge is 0.417 e. The van der Waals surface area contributed by atoms with Crippen molar-refractivity contribution in [3.8, 4) is 11.6 Å². The Morgan fingerprint density at radius 3 is 2.56 bits per heavy atom. The van der Waals surface area contributed by atoms with E-state index in [0.717, 1.165) is 18.7 Å². The molecule has 2 fully saturated rings. The number of ether oxygens (including phenoxy) is 1. The second-order valence-electron chi connectivity index (χ2n) is 8.04. The van der Waals surface area contributed by atoms with Gasteiger partial charge in [0, 0.05) is 24.5 Å². The Bertz CT molecular complexity index is 1130. The fourth-order valence-corrected chi connectivity index (χ4v) is 4.44. The number of carbonyl (C=O) groups excluding carboxylic acids is 1. The van der Waals surface area contributed by atoms with E-state index in [2.05, 4.69) is 20.2 Å². The lowest BCUT2D eigenvalue weighted by molar-refractivity contribution is -0.137. The number of alkyl halides is 3. The minimum atomic E-state index is -4.46. The molecule has 0 N–H and O–H groups in total. The lowest BCUT2D eigenvalue weighted by Crippen LogP contribution is -2.47. The number of rotatable bonds is 4. The van der Waals surface area contributed by atoms with Crippen LogP contribution in [0.5, 0.6) is 5.88 Å². The Morgan fingerprint density at radius 1 is 1.12 bits per heavy atom. The summed E-state index contributed by atoms with van der Waals surface area (Å²) in [6.07, 6.45) is 0.469. The summed E-state index contributed by atoms with van der Waals surface area (Å²) in [6.45, 7) is 2.38. The van der Waals surface area contributed by atoms with Gasteiger partial charge in [-0.1, -0.05) is 0 Å². The number of hydrogen-bond donors (Lipinski definition) is 0. The zero-order valence-electron chi connectivity index (χ0n) is 17.0. The molecular weight excluding hydrogens is 425 g/mol. The van der Waals surface area contributed by atoms with Crippen LogP contribution in [0, 0.1) is 12.8 Å². The van der Waals surface area contributed by atoms with Crippen LogP contribution in [0.3, 0.4) is 0 Å². The Hall–Kier alpha value is -3.50. The number of carbonyl (C=O) groups is 1. The Labute approximate surface area is 181 Å². The van der Waals surface area contributed by atoms with Gasteiger partial charge in [0.15, 0.2) is 5.69 Å². The first-order chi connectivity index (χ1) is 15.3. The standard InChI is InChI=1S/C21H19F3N6O2/c1-12-2-4-15(30-26-6-7-27-30)19(28-12)20(31)29-11-13-8-16(29)17(9-13)32-18-5-3-14(10-25-18)21(22,23)24/h2-7,10,13,16-17H,8-9,11H2,1H3/t13-,16-,17+/m0/s1. The molecule has 32 heavy (non-hydrogen) atoms. The van der Waals surface area contributed by atoms with Gasteiger partial charge in [0.25, 0.3) is 5.91 Å². The van der Waals surface area contributed by atoms with Crippen molar-refractivity contribution >= 4 is 5.91 Å². The largest absolute Gasteiger partial charge is 0.472 e. The van der Waals surface area contributed by atoms with Crippen molar-refractivity contribution in [1.29, 1.82) is 0 Å². The SMILES string of the molecule is Cc1ccc(-n2nccn2)c(C(=O)N2C[C@@H]3C[C@@H](Oc4ccc(C(F)(F)F)cn4)[C@@H]2C3)n1. The van der Waals surface area contributed by atoms with Gasteiger partial charge in [-0.3, -0.25) is 4.79 Å². The molecule has 1 saturated carbocycles. The summed E-state index contributed by atoms with van der Waals surface area (Å²) in [5.74, 6) is 0.111. The molecule has 8 nitrogen and oxygen atoms in total. The zero-order valence-corrected chi connectivity index (χ0v) is 17.0. The zero-order chi connectivity index (χ0) is 22.5. The molecule has 1 saturated heterocycles. The number of hydrogen-bond acceptors (Lipinski definition) is 6. The van der Waals surface area contributed by atoms with Crippen molar-refractivity contribution in [3.05, 3.63) is 59.8 Å². The van der Waals surface area contributed by atoms with Crippen LogP contribution in [0.1, 0.15) is 34.6 Å². The third-order valence-electron chi connectivity index (χ3n) is 5.87. The van der Waals surface area contributed by atoms with E-state index in [4.69, 9.17) is 4.74 Å². The number of amides is 1. The number of halogens is 3. The number of aromatic nitrogens is 5. The van der Waals surface area contributed by atoms with Gasteiger partial charge >= 0.3 is 6.18 Å². The Morgan fingerprint density at radius 2 is 1.91 bits per heavy atom. The molecular formula is C21H19F3N6O2. The molecule has 3 atom stereocenters. The molecule has 3 aromatic rings. The molecule has 5 rings (SSSR count). The van der Waals surface area contributed by atoms with Crippen molar-refractivity contribution in [2.24, 2.45) is 5.92 Å². The van der Waals surface area contributed by atoms with Gasteiger partial charge in [-0.05, 0) is 43.9 Å². The van der Waals surface area contributed by atoms with E-state index in [1.54, 1.807) is 24.0 Å². The highest BCUT2D eigenvalue weighted by molar-refractivity contribution is 5.96. The van der Waals surface area contributed by atoms with Crippen molar-refractivity contribution in [2.75, 3.05) is 6.54 Å². The molecule has 1 aliphatic heterocycles. The first-order valence-corrected chi connectivity index (χ1v) is 10.1. The van der Waals surface area contributed by atoms with E-state index in [0.29, 0.717) is 24.3 Å². The summed E-state index contributed by atoms with van der Waals surface area (Å²) in [7, 11) is 0. The number of fused-ring (bicyclic) bond motifs is 2. The molecule has 4 heterocycles. The molecule has 1 aliphatic carbocycles. The minimum absolute atomic E-state index is 0.109. The number of nitrogens with zero attached hydrogens (tertiary/aromatic N) is 6. The fraction of sp³-hybridized carbons (Fsp3) is 0.381. The van der Waals surface area contributed by atoms with Crippen molar-refractivity contribution in [2.45, 2.75) is 38.1 Å². The van der Waals surface area contributed by atoms with E-state index in [9.17, 15) is 18.0 Å². The van der Waals surface area contributed by atoms with Gasteiger partial charge < -0.3 is 9.64 Å². The van der Waals surface area contributed by atoms with Crippen molar-refractivity contribution in [1.82, 2.24) is 29.9 Å². The van der Waals surface area contributed by atoms with E-state index in [-0.39, 0.29) is 35.5 Å². The van der Waals surface area contributed by atoms with Crippen LogP contribution < -0.4 is 4.74 Å². The maximum absolute atomic E-state index is 13.5. The van der Waals surface area contributed by atoms with Gasteiger partial charge in [-0.15, -0.1) is 4.80 Å². The van der Waals surface area contributed by atoms with Crippen LogP contribution in [0.2, 0.25) is 0 Å². The quantitative estimate of drug-likeness (QED) is 0.615. The topological polar surface area (TPSA) is 86.0 Å². The Kier molecular flexibility index (Phi) is 4.83. The third-order valence-corrected chi connectivity index (χ3v) is 5.87. The first kappa shape index (κ1) is 20.4. The molecule has 0 radical (unpaired) electrons. The summed E-state index contributed by atoms with van der Waals surface area (Å²) < 4.78 is 44.2. The predicted octanol–water partition coefficient (Wildman–Crippen LogP) is 3.07. The first-order valence-electron chi connectivity index (χ1n) is 10.1. The second kappa shape index (κ2) is 7.57. The lowest BCUT2D eigenvalue weighted by atomic mass is 10.1. The number of likely N-dealkylation sites (tertiary alicyclic amines) is 1. The van der Waals surface area contributed by atoms with Crippen LogP contribution in [0.15, 0.2) is 42.9 Å². The van der Waals surface area contributed by atoms with E-state index in [1.165, 1.54) is 23.3 Å². The van der Waals surface area contributed by atoms with Gasteiger partial charge in [0.1, 0.15) is 11.8 Å². The Balaban J connectivity index is 1.37. The minimum Gasteiger partial charge on any atom is -0.472 e. The van der Waals surface area contributed by atoms with Gasteiger partial charge in [-0.25, -0.2) is 9.97 Å².